The van der Waals surface area contributed by atoms with Gasteiger partial charge in [-0.2, -0.15) is 0 Å². The van der Waals surface area contributed by atoms with Gasteiger partial charge in [0.2, 0.25) is 5.88 Å². The summed E-state index contributed by atoms with van der Waals surface area (Å²) in [6.07, 6.45) is 11.6. The second kappa shape index (κ2) is 7.31. The maximum atomic E-state index is 5.74. The Morgan fingerprint density at radius 2 is 1.94 bits per heavy atom. The predicted octanol–water partition coefficient (Wildman–Crippen LogP) is 2.55. The molecule has 1 N–H and O–H groups in total. The first kappa shape index (κ1) is 13.3. The van der Waals surface area contributed by atoms with Crippen molar-refractivity contribution in [3.8, 4) is 5.88 Å². The topological polar surface area (TPSA) is 47.0 Å². The summed E-state index contributed by atoms with van der Waals surface area (Å²) in [7, 11) is 1.90. The Bertz CT molecular complexity index is 331. The van der Waals surface area contributed by atoms with Gasteiger partial charge in [0.15, 0.2) is 0 Å². The molecule has 4 nitrogen and oxygen atoms in total. The molecule has 18 heavy (non-hydrogen) atoms. The van der Waals surface area contributed by atoms with Crippen LogP contribution in [0.25, 0.3) is 0 Å². The Kier molecular flexibility index (Phi) is 5.39. The third-order valence-electron chi connectivity index (χ3n) is 3.48. The molecule has 1 aliphatic carbocycles. The lowest BCUT2D eigenvalue weighted by Gasteiger charge is -2.14. The number of ether oxygens (including phenoxy) is 1. The second-order valence-electron chi connectivity index (χ2n) is 5.04. The molecule has 0 atom stereocenters. The molecule has 0 spiro atoms. The van der Waals surface area contributed by atoms with E-state index in [1.807, 2.05) is 7.05 Å². The minimum absolute atomic E-state index is 0.652. The van der Waals surface area contributed by atoms with Crippen molar-refractivity contribution in [1.82, 2.24) is 15.3 Å². The van der Waals surface area contributed by atoms with Crippen molar-refractivity contribution in [2.75, 3.05) is 13.7 Å². The largest absolute Gasteiger partial charge is 0.476 e. The fraction of sp³-hybridized carbons (Fsp3) is 0.714. The van der Waals surface area contributed by atoms with E-state index in [1.54, 1.807) is 12.4 Å². The molecule has 4 heteroatoms. The van der Waals surface area contributed by atoms with Crippen molar-refractivity contribution in [3.63, 3.8) is 0 Å². The highest BCUT2D eigenvalue weighted by molar-refractivity contribution is 5.07. The van der Waals surface area contributed by atoms with Gasteiger partial charge in [0.1, 0.15) is 0 Å². The summed E-state index contributed by atoms with van der Waals surface area (Å²) in [6, 6.07) is 0. The van der Waals surface area contributed by atoms with Crippen LogP contribution in [0, 0.1) is 5.92 Å². The summed E-state index contributed by atoms with van der Waals surface area (Å²) in [5, 5.41) is 3.05. The predicted molar refractivity (Wildman–Crippen MR) is 71.5 cm³/mol. The van der Waals surface area contributed by atoms with Crippen molar-refractivity contribution < 1.29 is 4.74 Å². The minimum Gasteiger partial charge on any atom is -0.476 e. The smallest absolute Gasteiger partial charge is 0.232 e. The molecule has 1 heterocycles. The summed E-state index contributed by atoms with van der Waals surface area (Å²) in [6.45, 7) is 1.54. The van der Waals surface area contributed by atoms with E-state index in [2.05, 4.69) is 15.3 Å². The number of nitrogens with one attached hydrogen (secondary N) is 1. The second-order valence-corrected chi connectivity index (χ2v) is 5.04. The molecule has 1 aromatic heterocycles. The number of hydrogen-bond acceptors (Lipinski definition) is 4. The third kappa shape index (κ3) is 4.26. The van der Waals surface area contributed by atoms with E-state index in [9.17, 15) is 0 Å². The fourth-order valence-electron chi connectivity index (χ4n) is 2.42. The SMILES string of the molecule is CNCc1cnc(OCC2CCCCCC2)cn1. The van der Waals surface area contributed by atoms with Gasteiger partial charge in [-0.25, -0.2) is 4.98 Å². The first-order valence-corrected chi connectivity index (χ1v) is 6.97. The quantitative estimate of drug-likeness (QED) is 0.815. The van der Waals surface area contributed by atoms with Crippen LogP contribution in [0.4, 0.5) is 0 Å². The van der Waals surface area contributed by atoms with E-state index in [0.29, 0.717) is 11.8 Å². The van der Waals surface area contributed by atoms with E-state index in [4.69, 9.17) is 4.74 Å². The summed E-state index contributed by atoms with van der Waals surface area (Å²) in [4.78, 5) is 8.58. The molecule has 0 amide bonds. The molecule has 1 aliphatic rings. The molecule has 0 aromatic carbocycles. The van der Waals surface area contributed by atoms with Crippen LogP contribution in [-0.4, -0.2) is 23.6 Å². The molecule has 1 fully saturated rings. The highest BCUT2D eigenvalue weighted by Gasteiger charge is 2.13. The normalized spacial score (nSPS) is 17.4. The van der Waals surface area contributed by atoms with E-state index in [0.717, 1.165) is 18.8 Å². The lowest BCUT2D eigenvalue weighted by atomic mass is 10.0. The molecular formula is C14H23N3O. The highest BCUT2D eigenvalue weighted by Crippen LogP contribution is 2.23. The summed E-state index contributed by atoms with van der Waals surface area (Å²) in [5.74, 6) is 1.35. The maximum absolute atomic E-state index is 5.74. The molecule has 1 aromatic rings. The van der Waals surface area contributed by atoms with Crippen LogP contribution in [-0.2, 0) is 6.54 Å². The molecule has 1 saturated carbocycles. The lowest BCUT2D eigenvalue weighted by molar-refractivity contribution is 0.225. The van der Waals surface area contributed by atoms with Crippen LogP contribution in [0.2, 0.25) is 0 Å². The summed E-state index contributed by atoms with van der Waals surface area (Å²) in [5.41, 5.74) is 0.944. The van der Waals surface area contributed by atoms with Crippen LogP contribution in [0.5, 0.6) is 5.88 Å². The molecule has 2 rings (SSSR count). The average molecular weight is 249 g/mol. The summed E-state index contributed by atoms with van der Waals surface area (Å²) >= 11 is 0. The maximum Gasteiger partial charge on any atom is 0.232 e. The van der Waals surface area contributed by atoms with Gasteiger partial charge in [-0.15, -0.1) is 0 Å². The zero-order chi connectivity index (χ0) is 12.6. The van der Waals surface area contributed by atoms with Gasteiger partial charge in [0.25, 0.3) is 0 Å². The van der Waals surface area contributed by atoms with Gasteiger partial charge in [-0.3, -0.25) is 4.98 Å². The highest BCUT2D eigenvalue weighted by atomic mass is 16.5. The first-order chi connectivity index (χ1) is 8.88. The van der Waals surface area contributed by atoms with Crippen LogP contribution in [0.15, 0.2) is 12.4 Å². The average Bonchev–Trinajstić information content (AvgIpc) is 2.67. The molecule has 100 valence electrons. The van der Waals surface area contributed by atoms with Crippen molar-refractivity contribution >= 4 is 0 Å². The Balaban J connectivity index is 1.78. The minimum atomic E-state index is 0.652. The monoisotopic (exact) mass is 249 g/mol. The zero-order valence-corrected chi connectivity index (χ0v) is 11.2. The van der Waals surface area contributed by atoms with Gasteiger partial charge in [0, 0.05) is 6.54 Å². The Morgan fingerprint density at radius 3 is 2.56 bits per heavy atom. The molecule has 0 unspecified atom stereocenters. The lowest BCUT2D eigenvalue weighted by Crippen LogP contribution is -2.12. The summed E-state index contributed by atoms with van der Waals surface area (Å²) < 4.78 is 5.74. The van der Waals surface area contributed by atoms with Crippen molar-refractivity contribution in [2.24, 2.45) is 5.92 Å². The van der Waals surface area contributed by atoms with Crippen molar-refractivity contribution in [1.29, 1.82) is 0 Å². The number of rotatable bonds is 5. The molecule has 0 bridgehead atoms. The van der Waals surface area contributed by atoms with Gasteiger partial charge >= 0.3 is 0 Å². The zero-order valence-electron chi connectivity index (χ0n) is 11.2. The van der Waals surface area contributed by atoms with E-state index in [-0.39, 0.29) is 0 Å². The molecule has 0 saturated heterocycles. The number of hydrogen-bond donors (Lipinski definition) is 1. The fourth-order valence-corrected chi connectivity index (χ4v) is 2.42. The van der Waals surface area contributed by atoms with Crippen LogP contribution < -0.4 is 10.1 Å². The van der Waals surface area contributed by atoms with Crippen LogP contribution >= 0.6 is 0 Å². The van der Waals surface area contributed by atoms with E-state index >= 15 is 0 Å². The Hall–Kier alpha value is -1.16. The third-order valence-corrected chi connectivity index (χ3v) is 3.48. The van der Waals surface area contributed by atoms with Gasteiger partial charge in [-0.05, 0) is 25.8 Å². The Morgan fingerprint density at radius 1 is 1.17 bits per heavy atom. The Labute approximate surface area is 109 Å². The number of aromatic nitrogens is 2. The molecule has 0 aliphatic heterocycles. The van der Waals surface area contributed by atoms with Gasteiger partial charge in [0.05, 0.1) is 24.7 Å². The molecular weight excluding hydrogens is 226 g/mol. The van der Waals surface area contributed by atoms with Crippen LogP contribution in [0.3, 0.4) is 0 Å². The van der Waals surface area contributed by atoms with Crippen LogP contribution in [0.1, 0.15) is 44.2 Å². The number of nitrogens with zero attached hydrogens (tertiary/aromatic N) is 2. The van der Waals surface area contributed by atoms with Gasteiger partial charge in [-0.1, -0.05) is 25.7 Å². The molecule has 0 radical (unpaired) electrons. The van der Waals surface area contributed by atoms with Crippen molar-refractivity contribution in [2.45, 2.75) is 45.1 Å². The van der Waals surface area contributed by atoms with Crippen molar-refractivity contribution in [3.05, 3.63) is 18.1 Å². The van der Waals surface area contributed by atoms with E-state index < -0.39 is 0 Å². The first-order valence-electron chi connectivity index (χ1n) is 6.97. The van der Waals surface area contributed by atoms with Gasteiger partial charge < -0.3 is 10.1 Å². The van der Waals surface area contributed by atoms with E-state index in [1.165, 1.54) is 38.5 Å². The standard InChI is InChI=1S/C14H23N3O/c1-15-8-13-9-17-14(10-16-13)18-11-12-6-4-2-3-5-7-12/h9-10,12,15H,2-8,11H2,1H3.